The lowest BCUT2D eigenvalue weighted by atomic mass is 9.98. The van der Waals surface area contributed by atoms with Gasteiger partial charge in [0.05, 0.1) is 31.4 Å². The molecule has 9 heteroatoms. The van der Waals surface area contributed by atoms with E-state index in [4.69, 9.17) is 5.73 Å². The third kappa shape index (κ3) is 11.9. The second-order valence-electron chi connectivity index (χ2n) is 11.2. The molecule has 0 saturated carbocycles. The van der Waals surface area contributed by atoms with Gasteiger partial charge in [0.2, 0.25) is 17.7 Å². The number of carbonyl (C=O) groups is 3. The summed E-state index contributed by atoms with van der Waals surface area (Å²) in [6, 6.07) is 20.5. The molecule has 5 N–H and O–H groups in total. The molecule has 44 heavy (non-hydrogen) atoms. The van der Waals surface area contributed by atoms with Crippen LogP contribution in [0.3, 0.4) is 0 Å². The summed E-state index contributed by atoms with van der Waals surface area (Å²) in [6.45, 7) is 6.17. The van der Waals surface area contributed by atoms with Crippen molar-refractivity contribution in [3.8, 4) is 0 Å². The van der Waals surface area contributed by atoms with E-state index in [1.807, 2.05) is 55.1 Å². The van der Waals surface area contributed by atoms with Crippen LogP contribution in [0.2, 0.25) is 0 Å². The van der Waals surface area contributed by atoms with Crippen molar-refractivity contribution < 1.29 is 23.9 Å². The van der Waals surface area contributed by atoms with Gasteiger partial charge in [-0.15, -0.1) is 0 Å². The summed E-state index contributed by atoms with van der Waals surface area (Å²) in [5.41, 5.74) is 9.28. The molecule has 0 aliphatic heterocycles. The fraction of sp³-hybridized carbons (Fsp3) is 0.400. The van der Waals surface area contributed by atoms with Gasteiger partial charge in [0.15, 0.2) is 0 Å². The number of rotatable bonds is 18. The summed E-state index contributed by atoms with van der Waals surface area (Å²) < 4.78 is 13.5. The number of carbonyl (C=O) groups excluding carboxylic acids is 3. The minimum Gasteiger partial charge on any atom is -0.390 e. The Morgan fingerprint density at radius 2 is 1.41 bits per heavy atom. The first-order chi connectivity index (χ1) is 21.2. The molecular weight excluding hydrogens is 559 g/mol. The van der Waals surface area contributed by atoms with Crippen LogP contribution in [0.1, 0.15) is 54.5 Å². The van der Waals surface area contributed by atoms with Gasteiger partial charge in [0, 0.05) is 26.2 Å². The average molecular weight is 605 g/mol. The molecule has 8 nitrogen and oxygen atoms in total. The van der Waals surface area contributed by atoms with Crippen LogP contribution in [-0.2, 0) is 46.6 Å². The number of nitrogens with zero attached hydrogens (tertiary/aromatic N) is 1. The van der Waals surface area contributed by atoms with Crippen molar-refractivity contribution in [1.29, 1.82) is 0 Å². The van der Waals surface area contributed by atoms with E-state index in [0.717, 1.165) is 24.0 Å². The maximum Gasteiger partial charge on any atom is 0.226 e. The van der Waals surface area contributed by atoms with Gasteiger partial charge in [-0.25, -0.2) is 4.39 Å². The zero-order valence-electron chi connectivity index (χ0n) is 25.7. The number of nitrogens with one attached hydrogen (secondary N) is 2. The monoisotopic (exact) mass is 604 g/mol. The van der Waals surface area contributed by atoms with Crippen LogP contribution < -0.4 is 16.4 Å². The number of primary amides is 1. The number of benzene rings is 3. The first-order valence-corrected chi connectivity index (χ1v) is 15.3. The summed E-state index contributed by atoms with van der Waals surface area (Å²) in [5, 5.41) is 17.3. The van der Waals surface area contributed by atoms with Crippen molar-refractivity contribution in [3.05, 3.63) is 106 Å². The molecule has 3 rings (SSSR count). The van der Waals surface area contributed by atoms with Crippen molar-refractivity contribution in [2.24, 2.45) is 5.73 Å². The normalized spacial score (nSPS) is 12.4. The molecule has 0 unspecified atom stereocenters. The van der Waals surface area contributed by atoms with Crippen LogP contribution in [0.25, 0.3) is 0 Å². The van der Waals surface area contributed by atoms with Gasteiger partial charge in [0.25, 0.3) is 0 Å². The maximum absolute atomic E-state index is 13.5. The van der Waals surface area contributed by atoms with Crippen molar-refractivity contribution in [2.75, 3.05) is 19.6 Å². The molecule has 0 saturated heterocycles. The third-order valence-electron chi connectivity index (χ3n) is 7.26. The van der Waals surface area contributed by atoms with Crippen molar-refractivity contribution >= 4 is 17.7 Å². The van der Waals surface area contributed by atoms with Gasteiger partial charge in [-0.05, 0) is 59.2 Å². The highest BCUT2D eigenvalue weighted by molar-refractivity contribution is 5.81. The summed E-state index contributed by atoms with van der Waals surface area (Å²) >= 11 is 0. The van der Waals surface area contributed by atoms with Gasteiger partial charge in [-0.3, -0.25) is 14.4 Å². The Morgan fingerprint density at radius 1 is 0.818 bits per heavy atom. The first-order valence-electron chi connectivity index (χ1n) is 15.3. The number of aliphatic hydroxyl groups is 1. The Morgan fingerprint density at radius 3 is 2.00 bits per heavy atom. The van der Waals surface area contributed by atoms with E-state index < -0.39 is 18.1 Å². The van der Waals surface area contributed by atoms with Gasteiger partial charge >= 0.3 is 0 Å². The minimum absolute atomic E-state index is 0.00851. The summed E-state index contributed by atoms with van der Waals surface area (Å²) in [4.78, 5) is 39.9. The molecule has 0 fully saturated rings. The molecule has 0 heterocycles. The second-order valence-corrected chi connectivity index (χ2v) is 11.2. The lowest BCUT2D eigenvalue weighted by Crippen LogP contribution is -2.49. The number of hydrogen-bond donors (Lipinski definition) is 4. The molecule has 3 aromatic carbocycles. The Balaban J connectivity index is 1.75. The molecule has 0 bridgehead atoms. The summed E-state index contributed by atoms with van der Waals surface area (Å²) in [5.74, 6) is -1.21. The predicted molar refractivity (Wildman–Crippen MR) is 170 cm³/mol. The van der Waals surface area contributed by atoms with Gasteiger partial charge in [-0.1, -0.05) is 74.5 Å². The van der Waals surface area contributed by atoms with E-state index in [9.17, 15) is 23.9 Å². The highest BCUT2D eigenvalue weighted by atomic mass is 19.1. The molecule has 3 aromatic rings. The predicted octanol–water partition coefficient (Wildman–Crippen LogP) is 3.47. The van der Waals surface area contributed by atoms with Crippen LogP contribution in [-0.4, -0.2) is 59.5 Å². The lowest BCUT2D eigenvalue weighted by Gasteiger charge is -2.25. The molecule has 0 spiro atoms. The number of hydrogen-bond acceptors (Lipinski definition) is 5. The van der Waals surface area contributed by atoms with E-state index in [1.165, 1.54) is 12.1 Å². The number of aliphatic hydroxyl groups excluding tert-OH is 1. The minimum atomic E-state index is -0.926. The standard InChI is InChI=1S/C35H45FN4O4/c1-3-14-40(15-4-2)35(44)22-29-17-27(20-33(37)42)16-28(18-29)21-34(43)39-31(19-25-10-12-30(36)13-11-25)32(41)24-38-23-26-8-6-5-7-9-26/h5-13,16-18,31-32,38,41H,3-4,14-15,19-24H2,1-2H3,(H2,37,42)(H,39,43)/t31-,32+/m0/s1. The number of nitrogens with two attached hydrogens (primary N) is 1. The molecule has 0 radical (unpaired) electrons. The van der Waals surface area contributed by atoms with Gasteiger partial charge in [0.1, 0.15) is 5.82 Å². The average Bonchev–Trinajstić information content (AvgIpc) is 2.97. The second kappa shape index (κ2) is 17.9. The zero-order valence-corrected chi connectivity index (χ0v) is 25.7. The smallest absolute Gasteiger partial charge is 0.226 e. The van der Waals surface area contributed by atoms with Crippen LogP contribution in [0.15, 0.2) is 72.8 Å². The van der Waals surface area contributed by atoms with E-state index >= 15 is 0 Å². The molecule has 0 aliphatic carbocycles. The van der Waals surface area contributed by atoms with Crippen LogP contribution in [0.4, 0.5) is 4.39 Å². The van der Waals surface area contributed by atoms with E-state index in [2.05, 4.69) is 10.6 Å². The van der Waals surface area contributed by atoms with E-state index in [1.54, 1.807) is 24.3 Å². The topological polar surface area (TPSA) is 125 Å². The van der Waals surface area contributed by atoms with Crippen LogP contribution in [0, 0.1) is 5.82 Å². The molecule has 0 aromatic heterocycles. The lowest BCUT2D eigenvalue weighted by molar-refractivity contribution is -0.130. The van der Waals surface area contributed by atoms with Crippen LogP contribution >= 0.6 is 0 Å². The largest absolute Gasteiger partial charge is 0.390 e. The molecule has 2 atom stereocenters. The maximum atomic E-state index is 13.5. The molecule has 0 aliphatic rings. The number of amides is 3. The SMILES string of the molecule is CCCN(CCC)C(=O)Cc1cc(CC(N)=O)cc(CC(=O)N[C@@H](Cc2ccc(F)cc2)[C@H](O)CNCc2ccccc2)c1. The molecule has 236 valence electrons. The summed E-state index contributed by atoms with van der Waals surface area (Å²) in [6.07, 6.45) is 1.20. The van der Waals surface area contributed by atoms with Crippen molar-refractivity contribution in [1.82, 2.24) is 15.5 Å². The summed E-state index contributed by atoms with van der Waals surface area (Å²) in [7, 11) is 0. The molecule has 3 amide bonds. The van der Waals surface area contributed by atoms with E-state index in [0.29, 0.717) is 42.7 Å². The van der Waals surface area contributed by atoms with Gasteiger partial charge < -0.3 is 26.4 Å². The van der Waals surface area contributed by atoms with Crippen LogP contribution in [0.5, 0.6) is 0 Å². The highest BCUT2D eigenvalue weighted by Gasteiger charge is 2.23. The fourth-order valence-corrected chi connectivity index (χ4v) is 5.24. The van der Waals surface area contributed by atoms with Gasteiger partial charge in [-0.2, -0.15) is 0 Å². The highest BCUT2D eigenvalue weighted by Crippen LogP contribution is 2.15. The van der Waals surface area contributed by atoms with E-state index in [-0.39, 0.29) is 43.4 Å². The third-order valence-corrected chi connectivity index (χ3v) is 7.26. The first kappa shape index (κ1) is 34.4. The number of halogens is 1. The van der Waals surface area contributed by atoms with Crippen molar-refractivity contribution in [2.45, 2.75) is 71.1 Å². The molecular formula is C35H45FN4O4. The Kier molecular flexibility index (Phi) is 14.0. The zero-order chi connectivity index (χ0) is 31.9. The quantitative estimate of drug-likeness (QED) is 0.177. The Bertz CT molecular complexity index is 1340. The van der Waals surface area contributed by atoms with Crippen molar-refractivity contribution in [3.63, 3.8) is 0 Å². The Labute approximate surface area is 259 Å². The Hall–Kier alpha value is -4.08. The fourth-order valence-electron chi connectivity index (χ4n) is 5.24.